The third-order valence-electron chi connectivity index (χ3n) is 3.00. The van der Waals surface area contributed by atoms with Crippen molar-refractivity contribution >= 4 is 5.97 Å². The molecule has 0 saturated heterocycles. The summed E-state index contributed by atoms with van der Waals surface area (Å²) in [5.41, 5.74) is 1.70. The van der Waals surface area contributed by atoms with E-state index in [1.54, 1.807) is 12.4 Å². The summed E-state index contributed by atoms with van der Waals surface area (Å²) in [6.45, 7) is 2.07. The average molecular weight is 244 g/mol. The molecule has 3 heterocycles. The molecule has 0 atom stereocenters. The van der Waals surface area contributed by atoms with Gasteiger partial charge < -0.3 is 15.0 Å². The standard InChI is InChI=1S/C12H12N4O2/c17-12(18)10-9-7-14-4-5-16(9)11(15-10)8-2-1-3-13-6-8/h1-3,6,14H,4-5,7H2,(H,17,18). The van der Waals surface area contributed by atoms with Crippen LogP contribution in [0.5, 0.6) is 0 Å². The van der Waals surface area contributed by atoms with Crippen molar-refractivity contribution in [2.75, 3.05) is 6.54 Å². The van der Waals surface area contributed by atoms with E-state index in [-0.39, 0.29) is 5.69 Å². The Balaban J connectivity index is 2.18. The van der Waals surface area contributed by atoms with Crippen molar-refractivity contribution in [2.24, 2.45) is 0 Å². The van der Waals surface area contributed by atoms with E-state index in [1.807, 2.05) is 16.7 Å². The highest BCUT2D eigenvalue weighted by atomic mass is 16.4. The van der Waals surface area contributed by atoms with E-state index in [0.29, 0.717) is 12.4 Å². The predicted molar refractivity (Wildman–Crippen MR) is 64.1 cm³/mol. The summed E-state index contributed by atoms with van der Waals surface area (Å²) in [6.07, 6.45) is 3.38. The summed E-state index contributed by atoms with van der Waals surface area (Å²) >= 11 is 0. The third kappa shape index (κ3) is 1.67. The first-order chi connectivity index (χ1) is 8.77. The Bertz CT molecular complexity index is 592. The molecule has 2 aromatic heterocycles. The van der Waals surface area contributed by atoms with E-state index in [9.17, 15) is 9.90 Å². The highest BCUT2D eigenvalue weighted by Crippen LogP contribution is 2.23. The lowest BCUT2D eigenvalue weighted by Crippen LogP contribution is -2.29. The molecular weight excluding hydrogens is 232 g/mol. The number of nitrogens with zero attached hydrogens (tertiary/aromatic N) is 3. The van der Waals surface area contributed by atoms with E-state index < -0.39 is 5.97 Å². The second kappa shape index (κ2) is 4.23. The quantitative estimate of drug-likeness (QED) is 0.814. The Labute approximate surface area is 103 Å². The molecule has 2 aromatic rings. The monoisotopic (exact) mass is 244 g/mol. The van der Waals surface area contributed by atoms with E-state index in [4.69, 9.17) is 0 Å². The van der Waals surface area contributed by atoms with Crippen LogP contribution in [0.1, 0.15) is 16.2 Å². The molecule has 0 unspecified atom stereocenters. The molecule has 92 valence electrons. The summed E-state index contributed by atoms with van der Waals surface area (Å²) in [5, 5.41) is 12.3. The predicted octanol–water partition coefficient (Wildman–Crippen LogP) is 0.746. The summed E-state index contributed by atoms with van der Waals surface area (Å²) in [4.78, 5) is 19.5. The molecule has 0 saturated carbocycles. The molecule has 18 heavy (non-hydrogen) atoms. The molecule has 1 aliphatic heterocycles. The first-order valence-corrected chi connectivity index (χ1v) is 5.71. The van der Waals surface area contributed by atoms with E-state index in [1.165, 1.54) is 0 Å². The number of hydrogen-bond donors (Lipinski definition) is 2. The molecule has 2 N–H and O–H groups in total. The minimum atomic E-state index is -0.988. The number of carboxylic acids is 1. The van der Waals surface area contributed by atoms with Crippen LogP contribution >= 0.6 is 0 Å². The van der Waals surface area contributed by atoms with Gasteiger partial charge in [0.05, 0.1) is 5.69 Å². The average Bonchev–Trinajstić information content (AvgIpc) is 2.79. The maximum Gasteiger partial charge on any atom is 0.356 e. The van der Waals surface area contributed by atoms with Gasteiger partial charge >= 0.3 is 5.97 Å². The fourth-order valence-electron chi connectivity index (χ4n) is 2.19. The first kappa shape index (κ1) is 10.9. The SMILES string of the molecule is O=C(O)c1nc(-c2cccnc2)n2c1CNCC2. The van der Waals surface area contributed by atoms with Crippen LogP contribution in [0.3, 0.4) is 0 Å². The number of hydrogen-bond acceptors (Lipinski definition) is 4. The number of aromatic nitrogens is 3. The molecule has 3 rings (SSSR count). The van der Waals surface area contributed by atoms with Crippen LogP contribution in [0.4, 0.5) is 0 Å². The largest absolute Gasteiger partial charge is 0.476 e. The number of pyridine rings is 1. The number of carboxylic acid groups (broad SMARTS) is 1. The zero-order valence-corrected chi connectivity index (χ0v) is 9.63. The van der Waals surface area contributed by atoms with Gasteiger partial charge in [-0.3, -0.25) is 4.98 Å². The smallest absolute Gasteiger partial charge is 0.356 e. The summed E-state index contributed by atoms with van der Waals surface area (Å²) in [6, 6.07) is 3.70. The lowest BCUT2D eigenvalue weighted by Gasteiger charge is -2.18. The zero-order valence-electron chi connectivity index (χ0n) is 9.63. The van der Waals surface area contributed by atoms with Crippen LogP contribution < -0.4 is 5.32 Å². The first-order valence-electron chi connectivity index (χ1n) is 5.71. The summed E-state index contributed by atoms with van der Waals surface area (Å²) in [5.74, 6) is -0.311. The summed E-state index contributed by atoms with van der Waals surface area (Å²) < 4.78 is 1.96. The van der Waals surface area contributed by atoms with Crippen molar-refractivity contribution in [3.63, 3.8) is 0 Å². The topological polar surface area (TPSA) is 80.0 Å². The number of nitrogens with one attached hydrogen (secondary N) is 1. The molecule has 6 heteroatoms. The molecule has 6 nitrogen and oxygen atoms in total. The van der Waals surface area contributed by atoms with Gasteiger partial charge in [-0.2, -0.15) is 0 Å². The van der Waals surface area contributed by atoms with Gasteiger partial charge in [0.15, 0.2) is 5.69 Å². The lowest BCUT2D eigenvalue weighted by molar-refractivity contribution is 0.0689. The van der Waals surface area contributed by atoms with Crippen LogP contribution in [0, 0.1) is 0 Å². The number of rotatable bonds is 2. The van der Waals surface area contributed by atoms with Gasteiger partial charge in [-0.05, 0) is 12.1 Å². The second-order valence-corrected chi connectivity index (χ2v) is 4.11. The van der Waals surface area contributed by atoms with Crippen molar-refractivity contribution in [2.45, 2.75) is 13.1 Å². The number of carbonyl (C=O) groups is 1. The molecular formula is C12H12N4O2. The fraction of sp³-hybridized carbons (Fsp3) is 0.250. The highest BCUT2D eigenvalue weighted by Gasteiger charge is 2.24. The van der Waals surface area contributed by atoms with Crippen molar-refractivity contribution < 1.29 is 9.90 Å². The lowest BCUT2D eigenvalue weighted by atomic mass is 10.2. The van der Waals surface area contributed by atoms with E-state index in [0.717, 1.165) is 24.3 Å². The van der Waals surface area contributed by atoms with E-state index >= 15 is 0 Å². The Morgan fingerprint density at radius 1 is 1.50 bits per heavy atom. The second-order valence-electron chi connectivity index (χ2n) is 4.11. The van der Waals surface area contributed by atoms with Crippen molar-refractivity contribution in [3.8, 4) is 11.4 Å². The summed E-state index contributed by atoms with van der Waals surface area (Å²) in [7, 11) is 0. The molecule has 0 fully saturated rings. The number of aromatic carboxylic acids is 1. The maximum absolute atomic E-state index is 11.2. The number of imidazole rings is 1. The molecule has 0 bridgehead atoms. The normalized spacial score (nSPS) is 14.2. The number of fused-ring (bicyclic) bond motifs is 1. The van der Waals surface area contributed by atoms with Crippen LogP contribution in [-0.4, -0.2) is 32.2 Å². The van der Waals surface area contributed by atoms with Crippen molar-refractivity contribution in [1.29, 1.82) is 0 Å². The van der Waals surface area contributed by atoms with Crippen LogP contribution in [0.15, 0.2) is 24.5 Å². The Morgan fingerprint density at radius 3 is 3.11 bits per heavy atom. The fourth-order valence-corrected chi connectivity index (χ4v) is 2.19. The van der Waals surface area contributed by atoms with Crippen LogP contribution in [0.25, 0.3) is 11.4 Å². The Kier molecular flexibility index (Phi) is 2.56. The third-order valence-corrected chi connectivity index (χ3v) is 3.00. The molecule has 0 aromatic carbocycles. The zero-order chi connectivity index (χ0) is 12.5. The van der Waals surface area contributed by atoms with Crippen molar-refractivity contribution in [3.05, 3.63) is 35.9 Å². The molecule has 0 aliphatic carbocycles. The van der Waals surface area contributed by atoms with Gasteiger partial charge in [-0.15, -0.1) is 0 Å². The molecule has 0 amide bonds. The van der Waals surface area contributed by atoms with E-state index in [2.05, 4.69) is 15.3 Å². The maximum atomic E-state index is 11.2. The Morgan fingerprint density at radius 2 is 2.39 bits per heavy atom. The van der Waals surface area contributed by atoms with Gasteiger partial charge in [-0.1, -0.05) is 0 Å². The minimum absolute atomic E-state index is 0.126. The van der Waals surface area contributed by atoms with Gasteiger partial charge in [-0.25, -0.2) is 9.78 Å². The minimum Gasteiger partial charge on any atom is -0.476 e. The van der Waals surface area contributed by atoms with Crippen LogP contribution in [0.2, 0.25) is 0 Å². The Hall–Kier alpha value is -2.21. The molecule has 0 radical (unpaired) electrons. The molecule has 1 aliphatic rings. The highest BCUT2D eigenvalue weighted by molar-refractivity contribution is 5.88. The van der Waals surface area contributed by atoms with Gasteiger partial charge in [0.1, 0.15) is 5.82 Å². The van der Waals surface area contributed by atoms with Gasteiger partial charge in [0.25, 0.3) is 0 Å². The van der Waals surface area contributed by atoms with Crippen molar-refractivity contribution in [1.82, 2.24) is 19.9 Å². The molecule has 0 spiro atoms. The van der Waals surface area contributed by atoms with Crippen LogP contribution in [-0.2, 0) is 13.1 Å². The van der Waals surface area contributed by atoms with Gasteiger partial charge in [0.2, 0.25) is 0 Å². The van der Waals surface area contributed by atoms with Gasteiger partial charge in [0, 0.05) is 37.6 Å².